The van der Waals surface area contributed by atoms with Gasteiger partial charge in [-0.2, -0.15) is 0 Å². The quantitative estimate of drug-likeness (QED) is 0.611. The van der Waals surface area contributed by atoms with Crippen molar-refractivity contribution in [2.75, 3.05) is 13.2 Å². The third-order valence-corrected chi connectivity index (χ3v) is 2.43. The predicted molar refractivity (Wildman–Crippen MR) is 73.4 cm³/mol. The molecule has 122 valence electrons. The highest BCUT2D eigenvalue weighted by atomic mass is 16.5. The van der Waals surface area contributed by atoms with Gasteiger partial charge in [0.05, 0.1) is 26.1 Å². The van der Waals surface area contributed by atoms with Gasteiger partial charge in [-0.3, -0.25) is 9.59 Å². The summed E-state index contributed by atoms with van der Waals surface area (Å²) in [6.07, 6.45) is -1.60. The number of rotatable bonds is 9. The Balaban J connectivity index is 4.58. The van der Waals surface area contributed by atoms with E-state index in [4.69, 9.17) is 14.6 Å². The fourth-order valence-corrected chi connectivity index (χ4v) is 1.31. The van der Waals surface area contributed by atoms with Crippen molar-refractivity contribution in [3.63, 3.8) is 0 Å². The normalized spacial score (nSPS) is 11.6. The highest BCUT2D eigenvalue weighted by molar-refractivity contribution is 5.88. The standard InChI is InChI=1S/C14H24O7/c1-9(2)7-20-11(15)5-14(19,13(17)18)6-12(16)21-8-10(3)4/h9-10,19H,5-8H2,1-4H3,(H,17,18). The molecular formula is C14H24O7. The zero-order valence-electron chi connectivity index (χ0n) is 12.9. The molecule has 7 heteroatoms. The van der Waals surface area contributed by atoms with Gasteiger partial charge in [0, 0.05) is 0 Å². The van der Waals surface area contributed by atoms with Crippen molar-refractivity contribution in [2.45, 2.75) is 46.1 Å². The second-order valence-corrected chi connectivity index (χ2v) is 5.84. The van der Waals surface area contributed by atoms with Gasteiger partial charge in [0.2, 0.25) is 0 Å². The summed E-state index contributed by atoms with van der Waals surface area (Å²) in [4.78, 5) is 34.1. The van der Waals surface area contributed by atoms with E-state index in [1.165, 1.54) is 0 Å². The minimum atomic E-state index is -2.51. The van der Waals surface area contributed by atoms with Crippen LogP contribution in [0.4, 0.5) is 0 Å². The number of esters is 2. The zero-order valence-corrected chi connectivity index (χ0v) is 12.9. The maximum Gasteiger partial charge on any atom is 0.336 e. The molecule has 0 heterocycles. The van der Waals surface area contributed by atoms with Gasteiger partial charge in [0.25, 0.3) is 0 Å². The van der Waals surface area contributed by atoms with E-state index in [9.17, 15) is 19.5 Å². The second kappa shape index (κ2) is 8.61. The first-order valence-electron chi connectivity index (χ1n) is 6.84. The summed E-state index contributed by atoms with van der Waals surface area (Å²) in [6.45, 7) is 7.51. The first kappa shape index (κ1) is 19.4. The fraction of sp³-hybridized carbons (Fsp3) is 0.786. The molecule has 0 aromatic heterocycles. The molecule has 0 saturated heterocycles. The van der Waals surface area contributed by atoms with Gasteiger partial charge < -0.3 is 19.7 Å². The van der Waals surface area contributed by atoms with Crippen LogP contribution in [0.1, 0.15) is 40.5 Å². The van der Waals surface area contributed by atoms with Crippen LogP contribution in [0, 0.1) is 11.8 Å². The number of carboxylic acids is 1. The summed E-state index contributed by atoms with van der Waals surface area (Å²) in [5, 5.41) is 19.0. The summed E-state index contributed by atoms with van der Waals surface area (Å²) < 4.78 is 9.63. The van der Waals surface area contributed by atoms with Gasteiger partial charge in [0.15, 0.2) is 5.60 Å². The Morgan fingerprint density at radius 3 is 1.48 bits per heavy atom. The fourth-order valence-electron chi connectivity index (χ4n) is 1.31. The summed E-state index contributed by atoms with van der Waals surface area (Å²) >= 11 is 0. The van der Waals surface area contributed by atoms with Crippen LogP contribution >= 0.6 is 0 Å². The third-order valence-electron chi connectivity index (χ3n) is 2.43. The highest BCUT2D eigenvalue weighted by Crippen LogP contribution is 2.18. The first-order chi connectivity index (χ1) is 9.56. The molecule has 21 heavy (non-hydrogen) atoms. The summed E-state index contributed by atoms with van der Waals surface area (Å²) in [5.74, 6) is -3.23. The van der Waals surface area contributed by atoms with Gasteiger partial charge in [-0.05, 0) is 11.8 Å². The van der Waals surface area contributed by atoms with Crippen LogP contribution in [0.5, 0.6) is 0 Å². The Bertz CT molecular complexity index is 348. The number of carboxylic acid groups (broad SMARTS) is 1. The van der Waals surface area contributed by atoms with E-state index in [2.05, 4.69) is 0 Å². The van der Waals surface area contributed by atoms with Crippen molar-refractivity contribution in [2.24, 2.45) is 11.8 Å². The van der Waals surface area contributed by atoms with Crippen molar-refractivity contribution in [3.8, 4) is 0 Å². The van der Waals surface area contributed by atoms with Crippen LogP contribution in [-0.4, -0.2) is 46.9 Å². The highest BCUT2D eigenvalue weighted by Gasteiger charge is 2.42. The topological polar surface area (TPSA) is 110 Å². The summed E-state index contributed by atoms with van der Waals surface area (Å²) in [7, 11) is 0. The number of hydrogen-bond donors (Lipinski definition) is 2. The third kappa shape index (κ3) is 8.29. The van der Waals surface area contributed by atoms with Gasteiger partial charge in [-0.1, -0.05) is 27.7 Å². The minimum absolute atomic E-state index is 0.0860. The van der Waals surface area contributed by atoms with Gasteiger partial charge >= 0.3 is 17.9 Å². The van der Waals surface area contributed by atoms with Gasteiger partial charge in [-0.25, -0.2) is 4.79 Å². The maximum absolute atomic E-state index is 11.5. The van der Waals surface area contributed by atoms with Crippen molar-refractivity contribution < 1.29 is 34.1 Å². The van der Waals surface area contributed by atoms with Crippen molar-refractivity contribution in [3.05, 3.63) is 0 Å². The van der Waals surface area contributed by atoms with E-state index >= 15 is 0 Å². The first-order valence-corrected chi connectivity index (χ1v) is 6.84. The Hall–Kier alpha value is -1.63. The Morgan fingerprint density at radius 1 is 0.905 bits per heavy atom. The van der Waals surface area contributed by atoms with E-state index in [0.717, 1.165) is 0 Å². The number of carbonyl (C=O) groups is 3. The van der Waals surface area contributed by atoms with Crippen LogP contribution in [0.2, 0.25) is 0 Å². The average Bonchev–Trinajstić information content (AvgIpc) is 2.33. The van der Waals surface area contributed by atoms with E-state index in [1.807, 2.05) is 27.7 Å². The Labute approximate surface area is 124 Å². The van der Waals surface area contributed by atoms with Crippen LogP contribution in [0.15, 0.2) is 0 Å². The lowest BCUT2D eigenvalue weighted by Gasteiger charge is -2.22. The Kier molecular flexibility index (Phi) is 7.94. The van der Waals surface area contributed by atoms with E-state index in [0.29, 0.717) is 0 Å². The molecule has 0 unspecified atom stereocenters. The van der Waals surface area contributed by atoms with Gasteiger partial charge in [-0.15, -0.1) is 0 Å². The molecule has 0 aliphatic heterocycles. The largest absolute Gasteiger partial charge is 0.479 e. The number of aliphatic carboxylic acids is 1. The molecular weight excluding hydrogens is 280 g/mol. The molecule has 0 amide bonds. The summed E-state index contributed by atoms with van der Waals surface area (Å²) in [5.41, 5.74) is -2.51. The van der Waals surface area contributed by atoms with Crippen molar-refractivity contribution in [1.82, 2.24) is 0 Å². The molecule has 0 radical (unpaired) electrons. The lowest BCUT2D eigenvalue weighted by atomic mass is 9.96. The minimum Gasteiger partial charge on any atom is -0.479 e. The maximum atomic E-state index is 11.5. The van der Waals surface area contributed by atoms with Crippen LogP contribution in [0.3, 0.4) is 0 Å². The molecule has 0 aliphatic rings. The molecule has 0 atom stereocenters. The lowest BCUT2D eigenvalue weighted by molar-refractivity contribution is -0.173. The molecule has 0 rings (SSSR count). The molecule has 0 bridgehead atoms. The predicted octanol–water partition coefficient (Wildman–Crippen LogP) is 0.981. The molecule has 2 N–H and O–H groups in total. The molecule has 0 aromatic rings. The number of carbonyl (C=O) groups excluding carboxylic acids is 2. The van der Waals surface area contributed by atoms with Crippen LogP contribution in [0.25, 0.3) is 0 Å². The monoisotopic (exact) mass is 304 g/mol. The van der Waals surface area contributed by atoms with Crippen molar-refractivity contribution in [1.29, 1.82) is 0 Å². The second-order valence-electron chi connectivity index (χ2n) is 5.84. The van der Waals surface area contributed by atoms with Crippen molar-refractivity contribution >= 4 is 17.9 Å². The molecule has 0 fully saturated rings. The lowest BCUT2D eigenvalue weighted by Crippen LogP contribution is -2.43. The molecule has 0 aromatic carbocycles. The summed E-state index contributed by atoms with van der Waals surface area (Å²) in [6, 6.07) is 0. The van der Waals surface area contributed by atoms with E-state index in [-0.39, 0.29) is 25.0 Å². The molecule has 0 saturated carbocycles. The SMILES string of the molecule is CC(C)COC(=O)CC(O)(CC(=O)OCC(C)C)C(=O)O. The van der Waals surface area contributed by atoms with Gasteiger partial charge in [0.1, 0.15) is 0 Å². The number of ether oxygens (including phenoxy) is 2. The van der Waals surface area contributed by atoms with E-state index < -0.39 is 36.4 Å². The van der Waals surface area contributed by atoms with Crippen LogP contribution < -0.4 is 0 Å². The average molecular weight is 304 g/mol. The van der Waals surface area contributed by atoms with Crippen LogP contribution in [-0.2, 0) is 23.9 Å². The molecule has 0 spiro atoms. The number of hydrogen-bond acceptors (Lipinski definition) is 6. The smallest absolute Gasteiger partial charge is 0.336 e. The molecule has 7 nitrogen and oxygen atoms in total. The van der Waals surface area contributed by atoms with E-state index in [1.54, 1.807) is 0 Å². The zero-order chi connectivity index (χ0) is 16.6. The molecule has 0 aliphatic carbocycles. The number of aliphatic hydroxyl groups is 1. The Morgan fingerprint density at radius 2 is 1.24 bits per heavy atom.